The zero-order valence-corrected chi connectivity index (χ0v) is 13.5. The van der Waals surface area contributed by atoms with Crippen LogP contribution in [0.5, 0.6) is 5.75 Å². The Morgan fingerprint density at radius 2 is 2.32 bits per heavy atom. The van der Waals surface area contributed by atoms with Gasteiger partial charge in [-0.2, -0.15) is 0 Å². The van der Waals surface area contributed by atoms with Crippen molar-refractivity contribution in [2.24, 2.45) is 0 Å². The van der Waals surface area contributed by atoms with Crippen LogP contribution in [-0.4, -0.2) is 23.5 Å². The third kappa shape index (κ3) is 3.47. The van der Waals surface area contributed by atoms with Gasteiger partial charge in [-0.3, -0.25) is 4.79 Å². The number of aryl methyl sites for hydroxylation is 2. The number of nitrogens with zero attached hydrogens (tertiary/aromatic N) is 1. The molecule has 2 aromatic rings. The second-order valence-corrected chi connectivity index (χ2v) is 6.42. The number of carbonyl (C=O) groups excluding carboxylic acids is 1. The Morgan fingerprint density at radius 3 is 3.18 bits per heavy atom. The highest BCUT2D eigenvalue weighted by atomic mass is 32.1. The predicted octanol–water partition coefficient (Wildman–Crippen LogP) is 3.22. The third-order valence-electron chi connectivity index (χ3n) is 3.74. The fraction of sp³-hybridized carbons (Fsp3) is 0.412. The molecule has 1 N–H and O–H groups in total. The summed E-state index contributed by atoms with van der Waals surface area (Å²) in [7, 11) is 0. The number of para-hydroxylation sites is 1. The Morgan fingerprint density at radius 1 is 1.45 bits per heavy atom. The first-order valence-electron chi connectivity index (χ1n) is 7.73. The third-order valence-corrected chi connectivity index (χ3v) is 4.65. The first-order valence-corrected chi connectivity index (χ1v) is 8.61. The van der Waals surface area contributed by atoms with Crippen molar-refractivity contribution < 1.29 is 9.53 Å². The van der Waals surface area contributed by atoms with Crippen LogP contribution in [0.15, 0.2) is 29.6 Å². The van der Waals surface area contributed by atoms with Crippen LogP contribution in [0.2, 0.25) is 0 Å². The van der Waals surface area contributed by atoms with Gasteiger partial charge in [-0.25, -0.2) is 4.98 Å². The Bertz CT molecular complexity index is 654. The molecule has 0 radical (unpaired) electrons. The summed E-state index contributed by atoms with van der Waals surface area (Å²) in [6.07, 6.45) is 3.93. The van der Waals surface area contributed by atoms with Crippen LogP contribution in [-0.2, 0) is 12.8 Å². The summed E-state index contributed by atoms with van der Waals surface area (Å²) in [5.41, 5.74) is 1.76. The number of fused-ring (bicyclic) bond motifs is 1. The number of hydrogen-bond donors (Lipinski definition) is 1. The van der Waals surface area contributed by atoms with Crippen LogP contribution in [0.25, 0.3) is 0 Å². The minimum atomic E-state index is -0.110. The number of hydrogen-bond acceptors (Lipinski definition) is 4. The summed E-state index contributed by atoms with van der Waals surface area (Å²) in [4.78, 5) is 16.5. The van der Waals surface area contributed by atoms with Crippen LogP contribution < -0.4 is 10.1 Å². The lowest BCUT2D eigenvalue weighted by atomic mass is 10.0. The van der Waals surface area contributed by atoms with Crippen molar-refractivity contribution in [3.8, 4) is 5.75 Å². The molecule has 5 heteroatoms. The fourth-order valence-corrected chi connectivity index (χ4v) is 3.45. The van der Waals surface area contributed by atoms with Crippen molar-refractivity contribution in [3.05, 3.63) is 45.9 Å². The van der Waals surface area contributed by atoms with Crippen molar-refractivity contribution in [1.82, 2.24) is 10.3 Å². The Balaban J connectivity index is 1.53. The monoisotopic (exact) mass is 316 g/mol. The van der Waals surface area contributed by atoms with Gasteiger partial charge in [0.15, 0.2) is 0 Å². The molecule has 3 rings (SSSR count). The average Bonchev–Trinajstić information content (AvgIpc) is 3.01. The quantitative estimate of drug-likeness (QED) is 0.921. The molecule has 0 bridgehead atoms. The number of benzene rings is 1. The molecule has 116 valence electrons. The topological polar surface area (TPSA) is 51.2 Å². The molecule has 0 saturated heterocycles. The van der Waals surface area contributed by atoms with E-state index in [2.05, 4.69) is 23.3 Å². The van der Waals surface area contributed by atoms with Crippen LogP contribution in [0.3, 0.4) is 0 Å². The van der Waals surface area contributed by atoms with E-state index in [9.17, 15) is 4.79 Å². The number of ether oxygens (including phenoxy) is 1. The van der Waals surface area contributed by atoms with Crippen LogP contribution in [0, 0.1) is 0 Å². The number of rotatable bonds is 5. The summed E-state index contributed by atoms with van der Waals surface area (Å²) in [5.74, 6) is 0.827. The van der Waals surface area contributed by atoms with E-state index in [1.54, 1.807) is 11.3 Å². The smallest absolute Gasteiger partial charge is 0.270 e. The average molecular weight is 316 g/mol. The molecule has 2 heterocycles. The van der Waals surface area contributed by atoms with Gasteiger partial charge < -0.3 is 10.1 Å². The fourth-order valence-electron chi connectivity index (χ4n) is 2.57. The van der Waals surface area contributed by atoms with Gasteiger partial charge in [0, 0.05) is 5.38 Å². The second kappa shape index (κ2) is 6.92. The highest BCUT2D eigenvalue weighted by molar-refractivity contribution is 7.09. The Labute approximate surface area is 134 Å². The second-order valence-electron chi connectivity index (χ2n) is 5.47. The lowest BCUT2D eigenvalue weighted by molar-refractivity contribution is 0.0914. The maximum Gasteiger partial charge on any atom is 0.270 e. The zero-order chi connectivity index (χ0) is 15.4. The molecular formula is C17H20N2O2S. The standard InChI is InChI=1S/C17H20N2O2S/c1-2-5-16-19-14(11-22-16)17(20)18-10-13-9-8-12-6-3-4-7-15(12)21-13/h3-4,6-7,11,13H,2,5,8-10H2,1H3,(H,18,20)/t13-/m1/s1. The van der Waals surface area contributed by atoms with Crippen LogP contribution in [0.4, 0.5) is 0 Å². The van der Waals surface area contributed by atoms with E-state index in [-0.39, 0.29) is 12.0 Å². The first-order chi connectivity index (χ1) is 10.8. The molecular weight excluding hydrogens is 296 g/mol. The molecule has 0 fully saturated rings. The van der Waals surface area contributed by atoms with Gasteiger partial charge in [0.2, 0.25) is 0 Å². The number of carbonyl (C=O) groups is 1. The Hall–Kier alpha value is -1.88. The molecule has 0 aliphatic carbocycles. The molecule has 1 amide bonds. The van der Waals surface area contributed by atoms with Gasteiger partial charge in [0.25, 0.3) is 5.91 Å². The van der Waals surface area contributed by atoms with Crippen molar-refractivity contribution >= 4 is 17.2 Å². The molecule has 1 aliphatic rings. The van der Waals surface area contributed by atoms with Crippen LogP contribution >= 0.6 is 11.3 Å². The van der Waals surface area contributed by atoms with E-state index in [0.29, 0.717) is 12.2 Å². The normalized spacial score (nSPS) is 16.7. The van der Waals surface area contributed by atoms with E-state index in [1.165, 1.54) is 5.56 Å². The summed E-state index contributed by atoms with van der Waals surface area (Å²) in [5, 5.41) is 5.79. The summed E-state index contributed by atoms with van der Waals surface area (Å²) in [6, 6.07) is 8.08. The largest absolute Gasteiger partial charge is 0.488 e. The van der Waals surface area contributed by atoms with Crippen LogP contribution in [0.1, 0.15) is 40.8 Å². The van der Waals surface area contributed by atoms with E-state index in [0.717, 1.165) is 36.4 Å². The first kappa shape index (κ1) is 15.0. The van der Waals surface area contributed by atoms with Gasteiger partial charge in [-0.1, -0.05) is 25.1 Å². The highest BCUT2D eigenvalue weighted by Crippen LogP contribution is 2.26. The molecule has 1 atom stereocenters. The Kier molecular flexibility index (Phi) is 4.73. The maximum absolute atomic E-state index is 12.1. The number of nitrogens with one attached hydrogen (secondary N) is 1. The van der Waals surface area contributed by atoms with Gasteiger partial charge >= 0.3 is 0 Å². The van der Waals surface area contributed by atoms with E-state index >= 15 is 0 Å². The van der Waals surface area contributed by atoms with E-state index < -0.39 is 0 Å². The van der Waals surface area contributed by atoms with E-state index in [4.69, 9.17) is 4.74 Å². The highest BCUT2D eigenvalue weighted by Gasteiger charge is 2.20. The summed E-state index contributed by atoms with van der Waals surface area (Å²) in [6.45, 7) is 2.63. The lowest BCUT2D eigenvalue weighted by Crippen LogP contribution is -2.37. The summed E-state index contributed by atoms with van der Waals surface area (Å²) < 4.78 is 5.93. The molecule has 1 aliphatic heterocycles. The van der Waals surface area contributed by atoms with Gasteiger partial charge in [-0.05, 0) is 37.3 Å². The molecule has 1 aromatic heterocycles. The minimum Gasteiger partial charge on any atom is -0.488 e. The van der Waals surface area contributed by atoms with Gasteiger partial charge in [0.05, 0.1) is 11.6 Å². The SMILES string of the molecule is CCCc1nc(C(=O)NC[C@H]2CCc3ccccc3O2)cs1. The van der Waals surface area contributed by atoms with Crippen molar-refractivity contribution in [2.45, 2.75) is 38.7 Å². The van der Waals surface area contributed by atoms with E-state index in [1.807, 2.05) is 23.6 Å². The predicted molar refractivity (Wildman–Crippen MR) is 87.6 cm³/mol. The molecule has 4 nitrogen and oxygen atoms in total. The lowest BCUT2D eigenvalue weighted by Gasteiger charge is -2.26. The van der Waals surface area contributed by atoms with Crippen molar-refractivity contribution in [2.75, 3.05) is 6.54 Å². The molecule has 22 heavy (non-hydrogen) atoms. The number of aromatic nitrogens is 1. The molecule has 0 saturated carbocycles. The molecule has 0 spiro atoms. The number of amides is 1. The van der Waals surface area contributed by atoms with Crippen molar-refractivity contribution in [1.29, 1.82) is 0 Å². The van der Waals surface area contributed by atoms with Gasteiger partial charge in [-0.15, -0.1) is 11.3 Å². The summed E-state index contributed by atoms with van der Waals surface area (Å²) >= 11 is 1.55. The van der Waals surface area contributed by atoms with Crippen molar-refractivity contribution in [3.63, 3.8) is 0 Å². The number of thiazole rings is 1. The molecule has 1 aromatic carbocycles. The minimum absolute atomic E-state index is 0.0348. The zero-order valence-electron chi connectivity index (χ0n) is 12.7. The van der Waals surface area contributed by atoms with Gasteiger partial charge in [0.1, 0.15) is 17.5 Å². The maximum atomic E-state index is 12.1. The molecule has 0 unspecified atom stereocenters.